The highest BCUT2D eigenvalue weighted by Gasteiger charge is 2.60. The Labute approximate surface area is 255 Å². The predicted octanol–water partition coefficient (Wildman–Crippen LogP) is 4.16. The molecule has 7 atom stereocenters. The highest BCUT2D eigenvalue weighted by molar-refractivity contribution is 5.78. The van der Waals surface area contributed by atoms with Crippen LogP contribution in [0.2, 0.25) is 0 Å². The zero-order valence-corrected chi connectivity index (χ0v) is 23.9. The number of hydrogen-bond acceptors (Lipinski definition) is 11. The second-order valence-corrected chi connectivity index (χ2v) is 10.6. The lowest BCUT2D eigenvalue weighted by Gasteiger charge is -2.47. The van der Waals surface area contributed by atoms with Gasteiger partial charge in [-0.15, -0.1) is 6.58 Å². The Morgan fingerprint density at radius 3 is 1.57 bits per heavy atom. The molecule has 2 heterocycles. The number of alkyl halides is 12. The van der Waals surface area contributed by atoms with Gasteiger partial charge in [0.2, 0.25) is 0 Å². The van der Waals surface area contributed by atoms with E-state index < -0.39 is 103 Å². The van der Waals surface area contributed by atoms with Crippen LogP contribution in [0, 0.1) is 0 Å². The van der Waals surface area contributed by atoms with Crippen molar-refractivity contribution in [3.8, 4) is 0 Å². The molecule has 0 amide bonds. The fraction of sp³-hybridized carbons (Fsp3) is 0.750. The molecule has 0 unspecified atom stereocenters. The lowest BCUT2D eigenvalue weighted by molar-refractivity contribution is -0.344. The minimum absolute atomic E-state index is 0.0696. The van der Waals surface area contributed by atoms with Gasteiger partial charge in [0.15, 0.2) is 24.6 Å². The lowest BCUT2D eigenvalue weighted by atomic mass is 9.95. The predicted molar refractivity (Wildman–Crippen MR) is 121 cm³/mol. The van der Waals surface area contributed by atoms with Gasteiger partial charge in [-0.25, -0.2) is 19.2 Å². The fourth-order valence-electron chi connectivity index (χ4n) is 4.20. The van der Waals surface area contributed by atoms with Crippen LogP contribution in [-0.4, -0.2) is 103 Å². The number of halogens is 12. The number of carbonyl (C=O) groups excluding carboxylic acids is 4. The lowest BCUT2D eigenvalue weighted by Crippen LogP contribution is -2.65. The standard InChI is InChI=1S/C24H24F12O11/c1-5-20(4)7-6-10(46-20)19(2,3)47-14-13(45-18(40)24(34,35)36)12(44-17(39)23(31,32)33)11(43-16(38)22(28,29)30)9(42-14)8-41-15(37)21(25,26)27/h5,9-14H,1,6-8H2,2-4H3/t9-,10+,11-,12+,13-,14+,20-/m1/s1. The molecule has 2 saturated heterocycles. The average Bonchev–Trinajstić information content (AvgIpc) is 3.31. The molecule has 0 aromatic carbocycles. The van der Waals surface area contributed by atoms with Gasteiger partial charge in [0.1, 0.15) is 12.7 Å². The molecule has 2 aliphatic rings. The van der Waals surface area contributed by atoms with Crippen LogP contribution in [0.4, 0.5) is 52.7 Å². The second-order valence-electron chi connectivity index (χ2n) is 10.6. The first-order chi connectivity index (χ1) is 21.0. The van der Waals surface area contributed by atoms with E-state index in [2.05, 4.69) is 25.5 Å². The highest BCUT2D eigenvalue weighted by Crippen LogP contribution is 2.41. The van der Waals surface area contributed by atoms with E-state index in [1.807, 2.05) is 0 Å². The van der Waals surface area contributed by atoms with Gasteiger partial charge in [-0.05, 0) is 33.6 Å². The van der Waals surface area contributed by atoms with Gasteiger partial charge in [-0.3, -0.25) is 0 Å². The van der Waals surface area contributed by atoms with Crippen LogP contribution in [0.25, 0.3) is 0 Å². The minimum Gasteiger partial charge on any atom is -0.456 e. The third-order valence-electron chi connectivity index (χ3n) is 6.57. The van der Waals surface area contributed by atoms with Gasteiger partial charge in [-0.1, -0.05) is 6.08 Å². The summed E-state index contributed by atoms with van der Waals surface area (Å²) < 4.78 is 189. The normalized spacial score (nSPS) is 29.1. The van der Waals surface area contributed by atoms with Crippen molar-refractivity contribution in [1.29, 1.82) is 0 Å². The molecule has 0 radical (unpaired) electrons. The van der Waals surface area contributed by atoms with E-state index in [1.54, 1.807) is 0 Å². The Bertz CT molecular complexity index is 1190. The molecule has 2 aliphatic heterocycles. The highest BCUT2D eigenvalue weighted by atomic mass is 19.4. The number of rotatable bonds is 9. The average molecular weight is 716 g/mol. The SMILES string of the molecule is C=C[C@]1(C)CC[C@@H](C(C)(C)O[C@@H]2O[C@H](COC(=O)C(F)(F)F)[C@@H](OC(=O)C(F)(F)F)[C@H](OC(=O)C(F)(F)F)[C@H]2OC(=O)C(F)(F)F)O1. The summed E-state index contributed by atoms with van der Waals surface area (Å²) in [5.74, 6) is -13.1. The monoisotopic (exact) mass is 716 g/mol. The summed E-state index contributed by atoms with van der Waals surface area (Å²) >= 11 is 0. The Morgan fingerprint density at radius 1 is 0.745 bits per heavy atom. The Kier molecular flexibility index (Phi) is 11.6. The summed E-state index contributed by atoms with van der Waals surface area (Å²) in [6.07, 6.45) is -38.9. The molecule has 47 heavy (non-hydrogen) atoms. The van der Waals surface area contributed by atoms with Crippen molar-refractivity contribution in [2.45, 2.75) is 106 Å². The first-order valence-corrected chi connectivity index (χ1v) is 12.7. The van der Waals surface area contributed by atoms with Crippen LogP contribution in [0.5, 0.6) is 0 Å². The van der Waals surface area contributed by atoms with E-state index in [-0.39, 0.29) is 12.8 Å². The van der Waals surface area contributed by atoms with Gasteiger partial charge in [-0.2, -0.15) is 52.7 Å². The molecule has 0 spiro atoms. The first kappa shape index (κ1) is 39.8. The van der Waals surface area contributed by atoms with Crippen LogP contribution < -0.4 is 0 Å². The molecule has 23 heteroatoms. The maximum absolute atomic E-state index is 13.2. The van der Waals surface area contributed by atoms with Crippen LogP contribution in [0.3, 0.4) is 0 Å². The smallest absolute Gasteiger partial charge is 0.456 e. The van der Waals surface area contributed by atoms with Crippen molar-refractivity contribution in [1.82, 2.24) is 0 Å². The van der Waals surface area contributed by atoms with E-state index in [4.69, 9.17) is 14.2 Å². The summed E-state index contributed by atoms with van der Waals surface area (Å²) in [7, 11) is 0. The number of ether oxygens (including phenoxy) is 7. The Balaban J connectivity index is 2.72. The van der Waals surface area contributed by atoms with Crippen molar-refractivity contribution >= 4 is 23.9 Å². The zero-order valence-electron chi connectivity index (χ0n) is 23.9. The molecule has 11 nitrogen and oxygen atoms in total. The second kappa shape index (κ2) is 13.6. The largest absolute Gasteiger partial charge is 0.490 e. The molecule has 270 valence electrons. The quantitative estimate of drug-likeness (QED) is 0.148. The molecule has 0 aliphatic carbocycles. The summed E-state index contributed by atoms with van der Waals surface area (Å²) in [4.78, 5) is 46.6. The van der Waals surface area contributed by atoms with Crippen LogP contribution >= 0.6 is 0 Å². The molecule has 2 rings (SSSR count). The van der Waals surface area contributed by atoms with Crippen molar-refractivity contribution < 1.29 is 105 Å². The van der Waals surface area contributed by atoms with Gasteiger partial charge in [0.05, 0.1) is 17.3 Å². The van der Waals surface area contributed by atoms with Crippen molar-refractivity contribution in [3.05, 3.63) is 12.7 Å². The molecule has 0 bridgehead atoms. The molecule has 0 saturated carbocycles. The molecule has 0 aromatic rings. The van der Waals surface area contributed by atoms with E-state index in [0.29, 0.717) is 0 Å². The first-order valence-electron chi connectivity index (χ1n) is 12.7. The van der Waals surface area contributed by atoms with Gasteiger partial charge in [0.25, 0.3) is 0 Å². The van der Waals surface area contributed by atoms with Crippen molar-refractivity contribution in [2.75, 3.05) is 6.61 Å². The summed E-state index contributed by atoms with van der Waals surface area (Å²) in [5.41, 5.74) is -2.92. The van der Waals surface area contributed by atoms with Crippen molar-refractivity contribution in [3.63, 3.8) is 0 Å². The van der Waals surface area contributed by atoms with Gasteiger partial charge >= 0.3 is 48.6 Å². The fourth-order valence-corrected chi connectivity index (χ4v) is 4.20. The molecular formula is C24H24F12O11. The molecule has 0 N–H and O–H groups in total. The molecule has 0 aromatic heterocycles. The van der Waals surface area contributed by atoms with E-state index in [0.717, 1.165) is 13.8 Å². The topological polar surface area (TPSA) is 133 Å². The number of esters is 4. The van der Waals surface area contributed by atoms with Gasteiger partial charge in [0, 0.05) is 0 Å². The van der Waals surface area contributed by atoms with Crippen LogP contribution in [0.15, 0.2) is 12.7 Å². The van der Waals surface area contributed by atoms with Gasteiger partial charge < -0.3 is 33.2 Å². The maximum Gasteiger partial charge on any atom is 0.490 e. The molecule has 2 fully saturated rings. The maximum atomic E-state index is 13.2. The minimum atomic E-state index is -6.07. The van der Waals surface area contributed by atoms with Crippen LogP contribution in [0.1, 0.15) is 33.6 Å². The number of carbonyl (C=O) groups is 4. The Morgan fingerprint density at radius 2 is 1.17 bits per heavy atom. The van der Waals surface area contributed by atoms with Crippen molar-refractivity contribution in [2.24, 2.45) is 0 Å². The third kappa shape index (κ3) is 10.3. The third-order valence-corrected chi connectivity index (χ3v) is 6.57. The summed E-state index contributed by atoms with van der Waals surface area (Å²) in [6, 6.07) is 0. The zero-order chi connectivity index (χ0) is 36.6. The number of hydrogen-bond donors (Lipinski definition) is 0. The van der Waals surface area contributed by atoms with E-state index in [1.165, 1.54) is 13.0 Å². The Hall–Kier alpha value is -3.34. The summed E-state index contributed by atoms with van der Waals surface area (Å²) in [6.45, 7) is 5.37. The van der Waals surface area contributed by atoms with Crippen LogP contribution in [-0.2, 0) is 52.3 Å². The molecular weight excluding hydrogens is 692 g/mol. The van der Waals surface area contributed by atoms with E-state index in [9.17, 15) is 71.9 Å². The summed E-state index contributed by atoms with van der Waals surface area (Å²) in [5, 5.41) is 0. The van der Waals surface area contributed by atoms with E-state index >= 15 is 0 Å².